The molecule has 162 valence electrons. The van der Waals surface area contributed by atoms with Gasteiger partial charge in [-0.3, -0.25) is 9.36 Å². The number of carbonyl (C=O) groups is 2. The van der Waals surface area contributed by atoms with Crippen LogP contribution in [-0.2, 0) is 32.7 Å². The molecule has 10 heteroatoms. The lowest BCUT2D eigenvalue weighted by molar-refractivity contribution is -0.153. The Balaban J connectivity index is 2.37. The average Bonchev–Trinajstić information content (AvgIpc) is 2.68. The Morgan fingerprint density at radius 3 is 2.50 bits per heavy atom. The number of amides is 1. The molecule has 1 saturated carbocycles. The van der Waals surface area contributed by atoms with Crippen molar-refractivity contribution in [2.45, 2.75) is 38.4 Å². The molecule has 0 aromatic rings. The van der Waals surface area contributed by atoms with E-state index in [1.54, 1.807) is 14.0 Å². The first kappa shape index (κ1) is 24.8. The predicted octanol–water partition coefficient (Wildman–Crippen LogP) is 1.80. The third-order valence-corrected chi connectivity index (χ3v) is 6.90. The monoisotopic (exact) mass is 421 g/mol. The van der Waals surface area contributed by atoms with Crippen molar-refractivity contribution >= 4 is 19.5 Å². The zero-order chi connectivity index (χ0) is 21.3. The van der Waals surface area contributed by atoms with Crippen molar-refractivity contribution in [2.24, 2.45) is 11.8 Å². The largest absolute Gasteiger partial charge is 0.456 e. The lowest BCUT2D eigenvalue weighted by Gasteiger charge is -2.32. The smallest absolute Gasteiger partial charge is 0.330 e. The Hall–Kier alpha value is -1.25. The van der Waals surface area contributed by atoms with Gasteiger partial charge in [0.05, 0.1) is 18.9 Å². The fraction of sp³-hybridized carbons (Fsp3) is 0.778. The van der Waals surface area contributed by atoms with E-state index in [1.165, 1.54) is 19.1 Å². The minimum Gasteiger partial charge on any atom is -0.456 e. The van der Waals surface area contributed by atoms with Gasteiger partial charge in [-0.15, -0.1) is 0 Å². The molecule has 0 bridgehead atoms. The Bertz CT molecular complexity index is 576. The molecule has 1 aliphatic rings. The van der Waals surface area contributed by atoms with Crippen LogP contribution in [0.3, 0.4) is 0 Å². The van der Waals surface area contributed by atoms with E-state index in [1.807, 2.05) is 0 Å². The van der Waals surface area contributed by atoms with Gasteiger partial charge in [0.15, 0.2) is 0 Å². The lowest BCUT2D eigenvalue weighted by atomic mass is 9.86. The van der Waals surface area contributed by atoms with Crippen molar-refractivity contribution in [3.63, 3.8) is 0 Å². The van der Waals surface area contributed by atoms with E-state index in [2.05, 4.69) is 6.58 Å². The van der Waals surface area contributed by atoms with E-state index in [0.717, 1.165) is 12.5 Å². The van der Waals surface area contributed by atoms with E-state index in [0.29, 0.717) is 19.4 Å². The predicted molar refractivity (Wildman–Crippen MR) is 103 cm³/mol. The van der Waals surface area contributed by atoms with Gasteiger partial charge in [0.25, 0.3) is 0 Å². The Morgan fingerprint density at radius 2 is 1.96 bits per heavy atom. The summed E-state index contributed by atoms with van der Waals surface area (Å²) in [5, 5.41) is 10.1. The second kappa shape index (κ2) is 11.7. The quantitative estimate of drug-likeness (QED) is 0.233. The van der Waals surface area contributed by atoms with Crippen LogP contribution in [0.15, 0.2) is 12.7 Å². The molecule has 4 unspecified atom stereocenters. The standard InChI is InChI=1S/C18H32NO8P/c1-6-17(21)27-16-8-7-14(9-15(16)20)10-26-12-19(3)18(22)13(2)11-28(23,24-4)25-5/h6,13-16,20H,1,7-12H2,2-5H3. The highest BCUT2D eigenvalue weighted by molar-refractivity contribution is 7.53. The van der Waals surface area contributed by atoms with Crippen LogP contribution in [0.25, 0.3) is 0 Å². The molecule has 0 heterocycles. The normalized spacial score (nSPS) is 23.7. The fourth-order valence-corrected chi connectivity index (χ4v) is 4.40. The molecule has 1 amide bonds. The van der Waals surface area contributed by atoms with Gasteiger partial charge in [-0.05, 0) is 25.2 Å². The van der Waals surface area contributed by atoms with Crippen molar-refractivity contribution in [1.82, 2.24) is 4.90 Å². The van der Waals surface area contributed by atoms with Crippen LogP contribution in [0.5, 0.6) is 0 Å². The second-order valence-corrected chi connectivity index (χ2v) is 9.34. The molecule has 1 N–H and O–H groups in total. The number of hydrogen-bond acceptors (Lipinski definition) is 8. The first-order valence-electron chi connectivity index (χ1n) is 9.20. The van der Waals surface area contributed by atoms with Gasteiger partial charge in [-0.1, -0.05) is 13.5 Å². The number of esters is 1. The molecule has 1 rings (SSSR count). The first-order chi connectivity index (χ1) is 13.2. The maximum absolute atomic E-state index is 12.4. The number of aliphatic hydroxyl groups is 1. The highest BCUT2D eigenvalue weighted by Crippen LogP contribution is 2.48. The van der Waals surface area contributed by atoms with Crippen LogP contribution >= 0.6 is 7.60 Å². The van der Waals surface area contributed by atoms with E-state index >= 15 is 0 Å². The number of ether oxygens (including phenoxy) is 2. The topological polar surface area (TPSA) is 112 Å². The molecule has 4 atom stereocenters. The first-order valence-corrected chi connectivity index (χ1v) is 10.9. The number of hydrogen-bond donors (Lipinski definition) is 1. The van der Waals surface area contributed by atoms with Crippen LogP contribution in [-0.4, -0.2) is 74.9 Å². The van der Waals surface area contributed by atoms with Gasteiger partial charge in [0.2, 0.25) is 5.91 Å². The van der Waals surface area contributed by atoms with Gasteiger partial charge in [0, 0.05) is 33.3 Å². The second-order valence-electron chi connectivity index (χ2n) is 7.02. The summed E-state index contributed by atoms with van der Waals surface area (Å²) in [6, 6.07) is 0. The van der Waals surface area contributed by atoms with E-state index in [4.69, 9.17) is 18.5 Å². The maximum atomic E-state index is 12.4. The number of aliphatic hydroxyl groups excluding tert-OH is 1. The van der Waals surface area contributed by atoms with Crippen molar-refractivity contribution in [2.75, 3.05) is 40.8 Å². The van der Waals surface area contributed by atoms with Gasteiger partial charge in [-0.2, -0.15) is 0 Å². The molecule has 1 fully saturated rings. The number of nitrogens with zero attached hydrogens (tertiary/aromatic N) is 1. The van der Waals surface area contributed by atoms with Crippen molar-refractivity contribution in [3.05, 3.63) is 12.7 Å². The molecule has 9 nitrogen and oxygen atoms in total. The molecular weight excluding hydrogens is 389 g/mol. The molecule has 28 heavy (non-hydrogen) atoms. The fourth-order valence-electron chi connectivity index (χ4n) is 3.12. The molecule has 0 aromatic heterocycles. The van der Waals surface area contributed by atoms with Crippen molar-refractivity contribution in [3.8, 4) is 0 Å². The highest BCUT2D eigenvalue weighted by Gasteiger charge is 2.32. The zero-order valence-corrected chi connectivity index (χ0v) is 17.9. The Labute approximate surface area is 166 Å². The van der Waals surface area contributed by atoms with Gasteiger partial charge in [0.1, 0.15) is 12.8 Å². The Morgan fingerprint density at radius 1 is 1.32 bits per heavy atom. The van der Waals surface area contributed by atoms with Crippen LogP contribution in [0.1, 0.15) is 26.2 Å². The van der Waals surface area contributed by atoms with Crippen LogP contribution in [0.4, 0.5) is 0 Å². The number of carbonyl (C=O) groups excluding carboxylic acids is 2. The summed E-state index contributed by atoms with van der Waals surface area (Å²) < 4.78 is 32.6. The van der Waals surface area contributed by atoms with Crippen molar-refractivity contribution in [1.29, 1.82) is 0 Å². The summed E-state index contributed by atoms with van der Waals surface area (Å²) in [5.74, 6) is -1.21. The summed E-state index contributed by atoms with van der Waals surface area (Å²) in [5.41, 5.74) is 0. The van der Waals surface area contributed by atoms with Gasteiger partial charge < -0.3 is 28.5 Å². The summed E-state index contributed by atoms with van der Waals surface area (Å²) >= 11 is 0. The van der Waals surface area contributed by atoms with Crippen LogP contribution in [0, 0.1) is 11.8 Å². The molecule has 1 aliphatic carbocycles. The van der Waals surface area contributed by atoms with E-state index in [9.17, 15) is 19.3 Å². The average molecular weight is 421 g/mol. The molecular formula is C18H32NO8P. The van der Waals surface area contributed by atoms with E-state index < -0.39 is 31.7 Å². The summed E-state index contributed by atoms with van der Waals surface area (Å²) in [6.07, 6.45) is 1.53. The van der Waals surface area contributed by atoms with Crippen molar-refractivity contribution < 1.29 is 37.8 Å². The highest BCUT2D eigenvalue weighted by atomic mass is 31.2. The maximum Gasteiger partial charge on any atom is 0.330 e. The minimum absolute atomic E-state index is 0.0111. The van der Waals surface area contributed by atoms with Crippen LogP contribution < -0.4 is 0 Å². The molecule has 0 spiro atoms. The SMILES string of the molecule is C=CC(=O)OC1CCC(COCN(C)C(=O)C(C)CP(=O)(OC)OC)CC1O. The third kappa shape index (κ3) is 7.64. The summed E-state index contributed by atoms with van der Waals surface area (Å²) in [7, 11) is 0.914. The minimum atomic E-state index is -3.26. The van der Waals surface area contributed by atoms with E-state index in [-0.39, 0.29) is 24.7 Å². The lowest BCUT2D eigenvalue weighted by Crippen LogP contribution is -2.39. The summed E-state index contributed by atoms with van der Waals surface area (Å²) in [4.78, 5) is 25.0. The third-order valence-electron chi connectivity index (χ3n) is 4.79. The number of rotatable bonds is 11. The van der Waals surface area contributed by atoms with Gasteiger partial charge >= 0.3 is 13.6 Å². The summed E-state index contributed by atoms with van der Waals surface area (Å²) in [6.45, 7) is 5.45. The molecule has 0 saturated heterocycles. The van der Waals surface area contributed by atoms with Crippen LogP contribution in [0.2, 0.25) is 0 Å². The zero-order valence-electron chi connectivity index (χ0n) is 17.0. The van der Waals surface area contributed by atoms with Gasteiger partial charge in [-0.25, -0.2) is 4.79 Å². The Kier molecular flexibility index (Phi) is 10.3. The molecule has 0 radical (unpaired) electrons. The molecule has 0 aromatic carbocycles. The molecule has 0 aliphatic heterocycles.